The molecular weight excluding hydrogens is 478 g/mol. The topological polar surface area (TPSA) is 95.1 Å². The van der Waals surface area contributed by atoms with Crippen LogP contribution in [-0.4, -0.2) is 26.9 Å². The van der Waals surface area contributed by atoms with Gasteiger partial charge in [-0.3, -0.25) is 14.9 Å². The molecule has 3 heterocycles. The molecule has 10 heteroatoms. The van der Waals surface area contributed by atoms with E-state index >= 15 is 0 Å². The molecule has 7 nitrogen and oxygen atoms in total. The number of carbonyl (C=O) groups is 1. The van der Waals surface area contributed by atoms with Gasteiger partial charge in [0.15, 0.2) is 0 Å². The lowest BCUT2D eigenvalue weighted by atomic mass is 9.94. The molecule has 0 spiro atoms. The molecule has 0 bridgehead atoms. The van der Waals surface area contributed by atoms with Gasteiger partial charge in [0.2, 0.25) is 0 Å². The summed E-state index contributed by atoms with van der Waals surface area (Å²) < 4.78 is 14.7. The normalized spacial score (nSPS) is 15.8. The van der Waals surface area contributed by atoms with Crippen LogP contribution >= 0.6 is 23.2 Å². The van der Waals surface area contributed by atoms with Crippen molar-refractivity contribution in [3.8, 4) is 0 Å². The first-order valence-corrected chi connectivity index (χ1v) is 11.0. The van der Waals surface area contributed by atoms with Crippen molar-refractivity contribution in [3.63, 3.8) is 0 Å². The minimum atomic E-state index is -0.666. The van der Waals surface area contributed by atoms with Crippen LogP contribution in [0.3, 0.4) is 0 Å². The number of amidine groups is 1. The van der Waals surface area contributed by atoms with E-state index in [2.05, 4.69) is 25.8 Å². The van der Waals surface area contributed by atoms with E-state index in [9.17, 15) is 9.18 Å². The molecule has 0 saturated heterocycles. The highest BCUT2D eigenvalue weighted by Gasteiger charge is 2.30. The van der Waals surface area contributed by atoms with E-state index in [0.717, 1.165) is 5.56 Å². The van der Waals surface area contributed by atoms with E-state index in [1.807, 2.05) is 0 Å². The summed E-state index contributed by atoms with van der Waals surface area (Å²) in [6.45, 7) is 1.77. The number of hydrogen-bond acceptors (Lipinski definition) is 5. The monoisotopic (exact) mass is 494 g/mol. The second kappa shape index (κ2) is 8.89. The first-order chi connectivity index (χ1) is 16.4. The van der Waals surface area contributed by atoms with E-state index in [1.165, 1.54) is 12.1 Å². The number of pyridine rings is 1. The number of fused-ring (bicyclic) bond motifs is 1. The van der Waals surface area contributed by atoms with Gasteiger partial charge in [-0.1, -0.05) is 35.3 Å². The number of hydrogen-bond donors (Lipinski definition) is 3. The Balaban J connectivity index is 1.54. The summed E-state index contributed by atoms with van der Waals surface area (Å²) in [5.41, 5.74) is 2.96. The molecule has 1 aliphatic heterocycles. The summed E-state index contributed by atoms with van der Waals surface area (Å²) in [6.07, 6.45) is 3.14. The molecule has 1 amide bonds. The van der Waals surface area contributed by atoms with E-state index in [0.29, 0.717) is 43.7 Å². The highest BCUT2D eigenvalue weighted by Crippen LogP contribution is 2.33. The maximum Gasteiger partial charge on any atom is 0.255 e. The summed E-state index contributed by atoms with van der Waals surface area (Å²) in [6, 6.07) is 12.7. The maximum absolute atomic E-state index is 14.7. The maximum atomic E-state index is 14.7. The first-order valence-electron chi connectivity index (χ1n) is 10.3. The highest BCUT2D eigenvalue weighted by atomic mass is 35.5. The first kappa shape index (κ1) is 22.1. The Morgan fingerprint density at radius 3 is 2.68 bits per heavy atom. The number of aromatic amines is 1. The number of rotatable bonds is 4. The standard InChI is InChI=1S/C24H17Cl2FN6O/c1-12-21(24(34)31-19-8-15-11-29-33-18(15)10-17(19)27)22(13-2-4-16(25)5-3-13)32-23(30-12)14-6-7-28-20(26)9-14/h2-11,22H,1H3,(H,29,33)(H,30,32)(H,31,34). The van der Waals surface area contributed by atoms with Crippen molar-refractivity contribution in [2.75, 3.05) is 5.32 Å². The lowest BCUT2D eigenvalue weighted by Gasteiger charge is -2.27. The number of anilines is 1. The number of H-pyrrole nitrogens is 1. The molecule has 1 aliphatic rings. The fourth-order valence-electron chi connectivity index (χ4n) is 3.80. The SMILES string of the molecule is CC1=C(C(=O)Nc2cc3cn[nH]c3cc2F)C(c2ccc(Cl)cc2)N=C(c2ccnc(Cl)c2)N1. The lowest BCUT2D eigenvalue weighted by Crippen LogP contribution is -2.34. The average molecular weight is 495 g/mol. The molecular formula is C24H17Cl2FN6O. The summed E-state index contributed by atoms with van der Waals surface area (Å²) in [4.78, 5) is 22.2. The Labute approximate surface area is 203 Å². The second-order valence-electron chi connectivity index (χ2n) is 7.71. The number of aromatic nitrogens is 3. The van der Waals surface area contributed by atoms with Crippen molar-refractivity contribution < 1.29 is 9.18 Å². The Morgan fingerprint density at radius 2 is 1.91 bits per heavy atom. The molecule has 0 radical (unpaired) electrons. The van der Waals surface area contributed by atoms with Crippen LogP contribution in [0.4, 0.5) is 10.1 Å². The minimum Gasteiger partial charge on any atom is -0.343 e. The molecule has 1 atom stereocenters. The van der Waals surface area contributed by atoms with Gasteiger partial charge in [0.05, 0.1) is 23.0 Å². The predicted octanol–water partition coefficient (Wildman–Crippen LogP) is 5.41. The van der Waals surface area contributed by atoms with Crippen LogP contribution in [0.2, 0.25) is 10.2 Å². The van der Waals surface area contributed by atoms with Gasteiger partial charge >= 0.3 is 0 Å². The van der Waals surface area contributed by atoms with Crippen molar-refractivity contribution in [2.24, 2.45) is 4.99 Å². The van der Waals surface area contributed by atoms with Crippen molar-refractivity contribution in [2.45, 2.75) is 13.0 Å². The molecule has 0 saturated carbocycles. The number of aliphatic imine (C=N–C) groups is 1. The zero-order valence-corrected chi connectivity index (χ0v) is 19.2. The van der Waals surface area contributed by atoms with Gasteiger partial charge in [-0.2, -0.15) is 5.10 Å². The summed E-state index contributed by atoms with van der Waals surface area (Å²) in [5, 5.41) is 14.0. The Kier molecular flexibility index (Phi) is 5.77. The number of amides is 1. The average Bonchev–Trinajstić information content (AvgIpc) is 3.26. The zero-order chi connectivity index (χ0) is 23.8. The van der Waals surface area contributed by atoms with E-state index < -0.39 is 17.8 Å². The number of benzene rings is 2. The molecule has 170 valence electrons. The number of nitrogens with zero attached hydrogens (tertiary/aromatic N) is 3. The van der Waals surface area contributed by atoms with Crippen LogP contribution in [0.5, 0.6) is 0 Å². The van der Waals surface area contributed by atoms with Crippen LogP contribution in [0.15, 0.2) is 77.2 Å². The smallest absolute Gasteiger partial charge is 0.255 e. The van der Waals surface area contributed by atoms with Crippen LogP contribution in [0.1, 0.15) is 24.1 Å². The summed E-state index contributed by atoms with van der Waals surface area (Å²) >= 11 is 12.1. The summed E-state index contributed by atoms with van der Waals surface area (Å²) in [5.74, 6) is -0.530. The number of allylic oxidation sites excluding steroid dienone is 1. The second-order valence-corrected chi connectivity index (χ2v) is 8.53. The number of carbonyl (C=O) groups excluding carboxylic acids is 1. The Morgan fingerprint density at radius 1 is 1.12 bits per heavy atom. The molecule has 34 heavy (non-hydrogen) atoms. The molecule has 4 aromatic rings. The molecule has 0 aliphatic carbocycles. The Bertz CT molecular complexity index is 1480. The largest absolute Gasteiger partial charge is 0.343 e. The van der Waals surface area contributed by atoms with Crippen LogP contribution in [0.25, 0.3) is 10.9 Å². The van der Waals surface area contributed by atoms with Gasteiger partial charge < -0.3 is 10.6 Å². The molecule has 5 rings (SSSR count). The third-order valence-corrected chi connectivity index (χ3v) is 5.91. The molecule has 3 N–H and O–H groups in total. The van der Waals surface area contributed by atoms with Crippen molar-refractivity contribution in [1.82, 2.24) is 20.5 Å². The Hall–Kier alpha value is -3.75. The molecule has 0 fully saturated rings. The van der Waals surface area contributed by atoms with Gasteiger partial charge in [-0.25, -0.2) is 9.37 Å². The quantitative estimate of drug-likeness (QED) is 0.330. The van der Waals surface area contributed by atoms with Crippen molar-refractivity contribution >= 4 is 51.5 Å². The van der Waals surface area contributed by atoms with Crippen molar-refractivity contribution in [1.29, 1.82) is 0 Å². The third-order valence-electron chi connectivity index (χ3n) is 5.45. The third kappa shape index (κ3) is 4.25. The fraction of sp³-hybridized carbons (Fsp3) is 0.0833. The van der Waals surface area contributed by atoms with E-state index in [1.54, 1.807) is 55.7 Å². The van der Waals surface area contributed by atoms with Gasteiger partial charge in [-0.15, -0.1) is 0 Å². The van der Waals surface area contributed by atoms with Gasteiger partial charge in [-0.05, 0) is 42.8 Å². The molecule has 1 unspecified atom stereocenters. The van der Waals surface area contributed by atoms with Crippen molar-refractivity contribution in [3.05, 3.63) is 99.3 Å². The number of nitrogens with one attached hydrogen (secondary N) is 3. The fourth-order valence-corrected chi connectivity index (χ4v) is 4.10. The van der Waals surface area contributed by atoms with Gasteiger partial charge in [0, 0.05) is 33.9 Å². The van der Waals surface area contributed by atoms with Gasteiger partial charge in [0.1, 0.15) is 22.8 Å². The van der Waals surface area contributed by atoms with Crippen LogP contribution < -0.4 is 10.6 Å². The van der Waals surface area contributed by atoms with Crippen LogP contribution in [-0.2, 0) is 4.79 Å². The lowest BCUT2D eigenvalue weighted by molar-refractivity contribution is -0.113. The molecule has 2 aromatic carbocycles. The molecule has 2 aromatic heterocycles. The van der Waals surface area contributed by atoms with Crippen LogP contribution in [0, 0.1) is 5.82 Å². The highest BCUT2D eigenvalue weighted by molar-refractivity contribution is 6.30. The van der Waals surface area contributed by atoms with E-state index in [4.69, 9.17) is 28.2 Å². The van der Waals surface area contributed by atoms with Gasteiger partial charge in [0.25, 0.3) is 5.91 Å². The summed E-state index contributed by atoms with van der Waals surface area (Å²) in [7, 11) is 0. The zero-order valence-electron chi connectivity index (χ0n) is 17.7. The number of halogens is 3. The van der Waals surface area contributed by atoms with E-state index in [-0.39, 0.29) is 5.69 Å². The predicted molar refractivity (Wildman–Crippen MR) is 130 cm³/mol. The minimum absolute atomic E-state index is 0.0461.